The molecule has 0 bridgehead atoms. The van der Waals surface area contributed by atoms with Crippen molar-refractivity contribution in [1.82, 2.24) is 29.6 Å². The fourth-order valence-corrected chi connectivity index (χ4v) is 4.57. The van der Waals surface area contributed by atoms with Gasteiger partial charge in [-0.1, -0.05) is 20.8 Å². The van der Waals surface area contributed by atoms with Crippen LogP contribution in [0.3, 0.4) is 0 Å². The second-order valence-corrected chi connectivity index (χ2v) is 9.38. The molecule has 7 heteroatoms. The number of carbonyl (C=O) groups is 1. The molecule has 7 nitrogen and oxygen atoms in total. The zero-order valence-corrected chi connectivity index (χ0v) is 17.6. The second-order valence-electron chi connectivity index (χ2n) is 9.38. The van der Waals surface area contributed by atoms with Crippen molar-refractivity contribution in [3.8, 4) is 0 Å². The van der Waals surface area contributed by atoms with Gasteiger partial charge in [0, 0.05) is 37.4 Å². The van der Waals surface area contributed by atoms with E-state index in [0.29, 0.717) is 12.0 Å². The van der Waals surface area contributed by atoms with E-state index in [9.17, 15) is 4.79 Å². The zero-order chi connectivity index (χ0) is 19.9. The van der Waals surface area contributed by atoms with Crippen LogP contribution in [-0.4, -0.2) is 67.7 Å². The summed E-state index contributed by atoms with van der Waals surface area (Å²) in [5.74, 6) is 1.60. The van der Waals surface area contributed by atoms with Crippen molar-refractivity contribution in [2.75, 3.05) is 26.2 Å². The van der Waals surface area contributed by atoms with Crippen LogP contribution in [0.1, 0.15) is 70.8 Å². The Morgan fingerprint density at radius 2 is 1.86 bits per heavy atom. The monoisotopic (exact) mass is 384 g/mol. The van der Waals surface area contributed by atoms with E-state index in [-0.39, 0.29) is 11.3 Å². The summed E-state index contributed by atoms with van der Waals surface area (Å²) in [6.07, 6.45) is 4.39. The molecule has 2 fully saturated rings. The quantitative estimate of drug-likeness (QED) is 0.814. The molecule has 152 valence electrons. The van der Waals surface area contributed by atoms with Crippen molar-refractivity contribution >= 4 is 11.6 Å². The molecule has 0 spiro atoms. The highest BCUT2D eigenvalue weighted by Gasteiger charge is 2.31. The topological polar surface area (TPSA) is 66.6 Å². The van der Waals surface area contributed by atoms with Crippen LogP contribution in [0, 0.1) is 0 Å². The first-order chi connectivity index (χ1) is 13.3. The van der Waals surface area contributed by atoms with Gasteiger partial charge in [0.05, 0.1) is 5.69 Å². The van der Waals surface area contributed by atoms with Gasteiger partial charge in [0.1, 0.15) is 0 Å². The van der Waals surface area contributed by atoms with Gasteiger partial charge in [0.2, 0.25) is 5.91 Å². The Morgan fingerprint density at radius 3 is 2.54 bits per heavy atom. The maximum Gasteiger partial charge on any atom is 0.219 e. The molecule has 2 aromatic rings. The molecule has 28 heavy (non-hydrogen) atoms. The fourth-order valence-electron chi connectivity index (χ4n) is 4.57. The summed E-state index contributed by atoms with van der Waals surface area (Å²) in [4.78, 5) is 16.4. The van der Waals surface area contributed by atoms with Crippen LogP contribution in [-0.2, 0) is 10.2 Å². The number of fused-ring (bicyclic) bond motifs is 1. The SMILES string of the molecule is CC(=O)N1CCCC1CN1CCC(c2nnc3ccc(C(C)(C)C)nn23)CC1. The Balaban J connectivity index is 1.43. The summed E-state index contributed by atoms with van der Waals surface area (Å²) >= 11 is 0. The van der Waals surface area contributed by atoms with Crippen molar-refractivity contribution in [1.29, 1.82) is 0 Å². The summed E-state index contributed by atoms with van der Waals surface area (Å²) < 4.78 is 1.95. The number of likely N-dealkylation sites (tertiary alicyclic amines) is 2. The third-order valence-corrected chi connectivity index (χ3v) is 6.26. The van der Waals surface area contributed by atoms with Crippen LogP contribution < -0.4 is 0 Å². The van der Waals surface area contributed by atoms with Crippen molar-refractivity contribution in [2.24, 2.45) is 0 Å². The summed E-state index contributed by atoms with van der Waals surface area (Å²) in [5, 5.41) is 13.7. The summed E-state index contributed by atoms with van der Waals surface area (Å²) in [6, 6.07) is 4.47. The van der Waals surface area contributed by atoms with E-state index in [0.717, 1.165) is 69.0 Å². The maximum absolute atomic E-state index is 11.8. The van der Waals surface area contributed by atoms with Gasteiger partial charge in [-0.25, -0.2) is 0 Å². The van der Waals surface area contributed by atoms with E-state index in [1.54, 1.807) is 6.92 Å². The largest absolute Gasteiger partial charge is 0.339 e. The molecule has 1 unspecified atom stereocenters. The molecule has 0 aliphatic carbocycles. The molecular weight excluding hydrogens is 352 g/mol. The molecular formula is C21H32N6O. The van der Waals surface area contributed by atoms with E-state index in [2.05, 4.69) is 46.8 Å². The first-order valence-electron chi connectivity index (χ1n) is 10.6. The number of piperidine rings is 1. The number of nitrogens with zero attached hydrogens (tertiary/aromatic N) is 6. The highest BCUT2D eigenvalue weighted by molar-refractivity contribution is 5.73. The number of amides is 1. The lowest BCUT2D eigenvalue weighted by molar-refractivity contribution is -0.130. The first kappa shape index (κ1) is 19.3. The first-order valence-corrected chi connectivity index (χ1v) is 10.6. The summed E-state index contributed by atoms with van der Waals surface area (Å²) in [7, 11) is 0. The number of hydrogen-bond donors (Lipinski definition) is 0. The Labute approximate surface area is 167 Å². The third kappa shape index (κ3) is 3.77. The van der Waals surface area contributed by atoms with Gasteiger partial charge in [-0.2, -0.15) is 9.61 Å². The lowest BCUT2D eigenvalue weighted by Crippen LogP contribution is -2.44. The Morgan fingerprint density at radius 1 is 1.11 bits per heavy atom. The van der Waals surface area contributed by atoms with Gasteiger partial charge in [-0.3, -0.25) is 4.79 Å². The minimum Gasteiger partial charge on any atom is -0.339 e. The third-order valence-electron chi connectivity index (χ3n) is 6.26. The molecule has 0 aromatic carbocycles. The van der Waals surface area contributed by atoms with Gasteiger partial charge in [0.15, 0.2) is 11.5 Å². The lowest BCUT2D eigenvalue weighted by Gasteiger charge is -2.35. The fraction of sp³-hybridized carbons (Fsp3) is 0.714. The molecule has 4 heterocycles. The standard InChI is InChI=1S/C21H32N6O/c1-15(28)26-11-5-6-17(26)14-25-12-9-16(10-13-25)20-23-22-19-8-7-18(21(2,3)4)24-27(19)20/h7-8,16-17H,5-6,9-14H2,1-4H3. The van der Waals surface area contributed by atoms with Crippen LogP contribution in [0.25, 0.3) is 5.65 Å². The molecule has 2 aliphatic heterocycles. The number of hydrogen-bond acceptors (Lipinski definition) is 5. The summed E-state index contributed by atoms with van der Waals surface area (Å²) in [5.41, 5.74) is 1.89. The number of aromatic nitrogens is 4. The molecule has 0 radical (unpaired) electrons. The summed E-state index contributed by atoms with van der Waals surface area (Å²) in [6.45, 7) is 12.2. The Bertz CT molecular complexity index is 846. The average molecular weight is 385 g/mol. The zero-order valence-electron chi connectivity index (χ0n) is 17.6. The smallest absolute Gasteiger partial charge is 0.219 e. The van der Waals surface area contributed by atoms with E-state index in [4.69, 9.17) is 5.10 Å². The molecule has 2 aromatic heterocycles. The number of rotatable bonds is 3. The molecule has 1 atom stereocenters. The molecule has 1 amide bonds. The maximum atomic E-state index is 11.8. The van der Waals surface area contributed by atoms with Gasteiger partial charge < -0.3 is 9.80 Å². The Hall–Kier alpha value is -2.02. The van der Waals surface area contributed by atoms with Gasteiger partial charge in [-0.15, -0.1) is 10.2 Å². The molecule has 4 rings (SSSR count). The lowest BCUT2D eigenvalue weighted by atomic mass is 9.92. The van der Waals surface area contributed by atoms with Crippen LogP contribution in [0.5, 0.6) is 0 Å². The number of carbonyl (C=O) groups excluding carboxylic acids is 1. The predicted octanol–water partition coefficient (Wildman–Crippen LogP) is 2.61. The Kier molecular flexibility index (Phi) is 5.12. The van der Waals surface area contributed by atoms with Gasteiger partial charge in [0.25, 0.3) is 0 Å². The van der Waals surface area contributed by atoms with Crippen molar-refractivity contribution in [2.45, 2.75) is 70.8 Å². The van der Waals surface area contributed by atoms with Crippen LogP contribution >= 0.6 is 0 Å². The predicted molar refractivity (Wildman–Crippen MR) is 108 cm³/mol. The van der Waals surface area contributed by atoms with E-state index in [1.807, 2.05) is 10.6 Å². The second kappa shape index (κ2) is 7.43. The van der Waals surface area contributed by atoms with E-state index >= 15 is 0 Å². The molecule has 2 saturated heterocycles. The normalized spacial score (nSPS) is 22.3. The van der Waals surface area contributed by atoms with E-state index in [1.165, 1.54) is 0 Å². The molecule has 0 N–H and O–H groups in total. The van der Waals surface area contributed by atoms with Crippen LogP contribution in [0.15, 0.2) is 12.1 Å². The van der Waals surface area contributed by atoms with Crippen molar-refractivity contribution in [3.63, 3.8) is 0 Å². The molecule has 0 saturated carbocycles. The molecule has 2 aliphatic rings. The van der Waals surface area contributed by atoms with Crippen LogP contribution in [0.2, 0.25) is 0 Å². The highest BCUT2D eigenvalue weighted by atomic mass is 16.2. The minimum absolute atomic E-state index is 0.00294. The average Bonchev–Trinajstić information content (AvgIpc) is 3.28. The van der Waals surface area contributed by atoms with E-state index < -0.39 is 0 Å². The van der Waals surface area contributed by atoms with Gasteiger partial charge in [-0.05, 0) is 50.9 Å². The van der Waals surface area contributed by atoms with Crippen molar-refractivity contribution < 1.29 is 4.79 Å². The van der Waals surface area contributed by atoms with Crippen molar-refractivity contribution in [3.05, 3.63) is 23.7 Å². The van der Waals surface area contributed by atoms with Gasteiger partial charge >= 0.3 is 0 Å². The minimum atomic E-state index is 0.00294. The highest BCUT2D eigenvalue weighted by Crippen LogP contribution is 2.29. The van der Waals surface area contributed by atoms with Crippen LogP contribution in [0.4, 0.5) is 0 Å².